The third-order valence-corrected chi connectivity index (χ3v) is 5.05. The summed E-state index contributed by atoms with van der Waals surface area (Å²) >= 11 is 0. The summed E-state index contributed by atoms with van der Waals surface area (Å²) in [6.07, 6.45) is 5.00. The van der Waals surface area contributed by atoms with Gasteiger partial charge in [0, 0.05) is 38.4 Å². The van der Waals surface area contributed by atoms with Crippen LogP contribution in [0, 0.1) is 12.7 Å². The van der Waals surface area contributed by atoms with E-state index in [0.29, 0.717) is 5.56 Å². The fourth-order valence-electron chi connectivity index (χ4n) is 3.45. The maximum absolute atomic E-state index is 14.2. The molecule has 1 saturated heterocycles. The first-order chi connectivity index (χ1) is 12.0. The molecule has 5 nitrogen and oxygen atoms in total. The van der Waals surface area contributed by atoms with Crippen LogP contribution in [0.15, 0.2) is 34.4 Å². The predicted octanol–water partition coefficient (Wildman–Crippen LogP) is 2.94. The summed E-state index contributed by atoms with van der Waals surface area (Å²) in [5.41, 5.74) is 2.20. The van der Waals surface area contributed by atoms with E-state index in [1.54, 1.807) is 13.0 Å². The third-order valence-electron chi connectivity index (χ3n) is 5.05. The molecule has 132 valence electrons. The molecule has 1 atom stereocenters. The predicted molar refractivity (Wildman–Crippen MR) is 100 cm³/mol. The largest absolute Gasteiger partial charge is 0.351 e. The number of likely N-dealkylation sites (N-methyl/N-ethyl adjacent to an activating group) is 1. The van der Waals surface area contributed by atoms with Gasteiger partial charge in [-0.2, -0.15) is 0 Å². The lowest BCUT2D eigenvalue weighted by Crippen LogP contribution is -2.52. The van der Waals surface area contributed by atoms with Crippen LogP contribution in [-0.2, 0) is 0 Å². The fourth-order valence-corrected chi connectivity index (χ4v) is 3.45. The van der Waals surface area contributed by atoms with E-state index >= 15 is 0 Å². The van der Waals surface area contributed by atoms with Crippen molar-refractivity contribution in [1.29, 1.82) is 0 Å². The van der Waals surface area contributed by atoms with Gasteiger partial charge in [0.1, 0.15) is 5.82 Å². The third kappa shape index (κ3) is 2.95. The summed E-state index contributed by atoms with van der Waals surface area (Å²) < 4.78 is 14.2. The number of hydrogen-bond acceptors (Lipinski definition) is 5. The second-order valence-corrected chi connectivity index (χ2v) is 7.11. The Labute approximate surface area is 148 Å². The Bertz CT molecular complexity index is 774. The molecular weight excluding hydrogens is 317 g/mol. The van der Waals surface area contributed by atoms with Crippen molar-refractivity contribution >= 4 is 23.0 Å². The minimum atomic E-state index is -0.206. The summed E-state index contributed by atoms with van der Waals surface area (Å²) in [7, 11) is 2.14. The minimum absolute atomic E-state index is 0.186. The molecule has 0 N–H and O–H groups in total. The number of hydrogen-bond donors (Lipinski definition) is 0. The van der Waals surface area contributed by atoms with Crippen molar-refractivity contribution in [2.75, 3.05) is 38.1 Å². The Morgan fingerprint density at radius 2 is 1.88 bits per heavy atom. The Kier molecular flexibility index (Phi) is 4.07. The van der Waals surface area contributed by atoms with Gasteiger partial charge < -0.3 is 9.80 Å². The number of rotatable bonds is 0. The maximum Gasteiger partial charge on any atom is 0.176 e. The molecule has 0 aromatic heterocycles. The van der Waals surface area contributed by atoms with E-state index in [2.05, 4.69) is 29.8 Å². The topological polar surface area (TPSA) is 34.4 Å². The van der Waals surface area contributed by atoms with Gasteiger partial charge in [-0.3, -0.25) is 9.89 Å². The highest BCUT2D eigenvalue weighted by Crippen LogP contribution is 2.37. The van der Waals surface area contributed by atoms with Crippen molar-refractivity contribution < 1.29 is 4.39 Å². The molecule has 3 aliphatic rings. The highest BCUT2D eigenvalue weighted by atomic mass is 19.1. The van der Waals surface area contributed by atoms with Gasteiger partial charge in [-0.25, -0.2) is 9.38 Å². The number of amidine groups is 2. The van der Waals surface area contributed by atoms with Crippen molar-refractivity contribution in [3.8, 4) is 0 Å². The molecule has 1 fully saturated rings. The molecule has 0 saturated carbocycles. The summed E-state index contributed by atoms with van der Waals surface area (Å²) in [4.78, 5) is 16.4. The average molecular weight is 341 g/mol. The monoisotopic (exact) mass is 341 g/mol. The van der Waals surface area contributed by atoms with Gasteiger partial charge in [0.25, 0.3) is 0 Å². The molecule has 1 unspecified atom stereocenters. The zero-order valence-corrected chi connectivity index (χ0v) is 15.0. The van der Waals surface area contributed by atoms with Crippen LogP contribution in [0.4, 0.5) is 15.8 Å². The van der Waals surface area contributed by atoms with Crippen LogP contribution in [0.2, 0.25) is 0 Å². The standard InChI is InChI=1S/C19H24FN5/c1-13-11-16-17(12-15(13)20)25-6-4-5-14(2)21-19(25)18(22-16)24-9-7-23(3)8-10-24/h4,6,11-12,14H,5,7-10H2,1-3H3. The van der Waals surface area contributed by atoms with E-state index in [0.717, 1.165) is 55.6 Å². The summed E-state index contributed by atoms with van der Waals surface area (Å²) in [6, 6.07) is 3.59. The molecule has 0 aliphatic carbocycles. The van der Waals surface area contributed by atoms with Gasteiger partial charge in [-0.1, -0.05) is 6.08 Å². The van der Waals surface area contributed by atoms with Gasteiger partial charge in [-0.05, 0) is 38.9 Å². The SMILES string of the molecule is Cc1cc2c(cc1F)N1C=CCC(C)N=C1C(N1CCN(C)CC1)=N2. The molecule has 1 aromatic rings. The van der Waals surface area contributed by atoms with E-state index < -0.39 is 0 Å². The molecule has 3 aliphatic heterocycles. The van der Waals surface area contributed by atoms with Crippen LogP contribution in [0.3, 0.4) is 0 Å². The van der Waals surface area contributed by atoms with Crippen LogP contribution in [0.25, 0.3) is 0 Å². The van der Waals surface area contributed by atoms with Crippen LogP contribution >= 0.6 is 0 Å². The summed E-state index contributed by atoms with van der Waals surface area (Å²) in [5, 5.41) is 0. The summed E-state index contributed by atoms with van der Waals surface area (Å²) in [6.45, 7) is 7.75. The Morgan fingerprint density at radius 3 is 2.64 bits per heavy atom. The number of halogens is 1. The van der Waals surface area contributed by atoms with E-state index in [1.165, 1.54) is 0 Å². The zero-order valence-electron chi connectivity index (χ0n) is 15.0. The Hall–Kier alpha value is -2.21. The molecule has 4 rings (SSSR count). The Balaban J connectivity index is 1.84. The van der Waals surface area contributed by atoms with E-state index in [9.17, 15) is 4.39 Å². The van der Waals surface area contributed by atoms with Crippen molar-refractivity contribution in [3.05, 3.63) is 35.8 Å². The molecule has 0 radical (unpaired) electrons. The number of aliphatic imine (C=N–C) groups is 2. The van der Waals surface area contributed by atoms with Gasteiger partial charge in [-0.15, -0.1) is 0 Å². The van der Waals surface area contributed by atoms with Crippen molar-refractivity contribution in [2.45, 2.75) is 26.3 Å². The highest BCUT2D eigenvalue weighted by molar-refractivity contribution is 6.47. The van der Waals surface area contributed by atoms with Gasteiger partial charge >= 0.3 is 0 Å². The van der Waals surface area contributed by atoms with Crippen molar-refractivity contribution in [1.82, 2.24) is 9.80 Å². The number of fused-ring (bicyclic) bond motifs is 3. The van der Waals surface area contributed by atoms with Crippen LogP contribution in [0.1, 0.15) is 18.9 Å². The van der Waals surface area contributed by atoms with Gasteiger partial charge in [0.2, 0.25) is 0 Å². The number of aryl methyl sites for hydroxylation is 1. The molecule has 0 spiro atoms. The maximum atomic E-state index is 14.2. The second-order valence-electron chi connectivity index (χ2n) is 7.11. The average Bonchev–Trinajstić information content (AvgIpc) is 2.78. The van der Waals surface area contributed by atoms with Gasteiger partial charge in [0.15, 0.2) is 11.7 Å². The molecule has 0 bridgehead atoms. The molecular formula is C19H24FN5. The fraction of sp³-hybridized carbons (Fsp3) is 0.474. The van der Waals surface area contributed by atoms with Crippen LogP contribution in [-0.4, -0.2) is 60.7 Å². The number of anilines is 1. The van der Waals surface area contributed by atoms with Gasteiger partial charge in [0.05, 0.1) is 17.4 Å². The number of benzene rings is 1. The molecule has 6 heteroatoms. The molecule has 25 heavy (non-hydrogen) atoms. The van der Waals surface area contributed by atoms with E-state index in [-0.39, 0.29) is 11.9 Å². The smallest absolute Gasteiger partial charge is 0.176 e. The quantitative estimate of drug-likeness (QED) is 0.728. The highest BCUT2D eigenvalue weighted by Gasteiger charge is 2.32. The first-order valence-electron chi connectivity index (χ1n) is 8.89. The molecule has 3 heterocycles. The van der Waals surface area contributed by atoms with Crippen LogP contribution < -0.4 is 4.90 Å². The van der Waals surface area contributed by atoms with Crippen LogP contribution in [0.5, 0.6) is 0 Å². The van der Waals surface area contributed by atoms with E-state index in [4.69, 9.17) is 9.98 Å². The normalized spacial score (nSPS) is 23.6. The summed E-state index contributed by atoms with van der Waals surface area (Å²) in [5.74, 6) is 1.54. The number of nitrogens with zero attached hydrogens (tertiary/aromatic N) is 5. The second kappa shape index (κ2) is 6.26. The minimum Gasteiger partial charge on any atom is -0.351 e. The van der Waals surface area contributed by atoms with Crippen molar-refractivity contribution in [3.63, 3.8) is 0 Å². The lowest BCUT2D eigenvalue weighted by Gasteiger charge is -2.38. The lowest BCUT2D eigenvalue weighted by molar-refractivity contribution is 0.217. The lowest BCUT2D eigenvalue weighted by atomic mass is 10.1. The Morgan fingerprint density at radius 1 is 1.12 bits per heavy atom. The zero-order chi connectivity index (χ0) is 17.6. The first-order valence-corrected chi connectivity index (χ1v) is 8.89. The van der Waals surface area contributed by atoms with E-state index in [1.807, 2.05) is 17.2 Å². The number of piperazine rings is 1. The first kappa shape index (κ1) is 16.3. The molecule has 0 amide bonds. The molecule has 1 aromatic carbocycles. The van der Waals surface area contributed by atoms with Crippen molar-refractivity contribution in [2.24, 2.45) is 9.98 Å².